The molecule has 0 saturated carbocycles. The first-order chi connectivity index (χ1) is 9.31. The number of aliphatic hydroxyl groups is 5. The molecule has 9 heteroatoms. The molecular weight excluding hydrogens is 274 g/mol. The molecule has 6 N–H and O–H groups in total. The van der Waals surface area contributed by atoms with E-state index in [4.69, 9.17) is 15.3 Å². The summed E-state index contributed by atoms with van der Waals surface area (Å²) in [5.74, 6) is -2.25. The molecule has 0 aliphatic carbocycles. The number of aliphatic hydroxyl groups excluding tert-OH is 5. The molecule has 0 bridgehead atoms. The topological polar surface area (TPSA) is 159 Å². The molecule has 1 amide bonds. The van der Waals surface area contributed by atoms with Crippen LogP contribution in [-0.2, 0) is 9.59 Å². The van der Waals surface area contributed by atoms with E-state index in [1.54, 1.807) is 0 Å². The van der Waals surface area contributed by atoms with Crippen molar-refractivity contribution in [3.8, 4) is 0 Å². The fraction of sp³-hybridized carbons (Fsp3) is 0.818. The number of likely N-dealkylation sites (tertiary alicyclic amines) is 1. The van der Waals surface area contributed by atoms with Crippen LogP contribution in [0, 0.1) is 0 Å². The Hall–Kier alpha value is -1.26. The van der Waals surface area contributed by atoms with Gasteiger partial charge in [0.1, 0.15) is 24.4 Å². The summed E-state index contributed by atoms with van der Waals surface area (Å²) in [4.78, 5) is 23.8. The Morgan fingerprint density at radius 2 is 1.75 bits per heavy atom. The minimum atomic E-state index is -2.08. The van der Waals surface area contributed by atoms with Gasteiger partial charge in [-0.15, -0.1) is 0 Å². The number of aliphatic carboxylic acids is 1. The summed E-state index contributed by atoms with van der Waals surface area (Å²) in [5.41, 5.74) is 0. The zero-order valence-electron chi connectivity index (χ0n) is 10.7. The molecule has 1 saturated heterocycles. The highest BCUT2D eigenvalue weighted by atomic mass is 16.4. The molecule has 1 heterocycles. The lowest BCUT2D eigenvalue weighted by Gasteiger charge is -2.29. The van der Waals surface area contributed by atoms with Gasteiger partial charge in [-0.3, -0.25) is 4.79 Å². The molecule has 0 unspecified atom stereocenters. The van der Waals surface area contributed by atoms with Crippen molar-refractivity contribution in [2.45, 2.75) is 43.3 Å². The van der Waals surface area contributed by atoms with E-state index in [0.29, 0.717) is 6.42 Å². The molecular formula is C11H19NO8. The van der Waals surface area contributed by atoms with E-state index in [1.165, 1.54) is 0 Å². The summed E-state index contributed by atoms with van der Waals surface area (Å²) < 4.78 is 0. The van der Waals surface area contributed by atoms with Gasteiger partial charge in [0.25, 0.3) is 5.91 Å². The molecule has 0 spiro atoms. The van der Waals surface area contributed by atoms with Crippen molar-refractivity contribution in [3.05, 3.63) is 0 Å². The first kappa shape index (κ1) is 16.8. The van der Waals surface area contributed by atoms with E-state index in [0.717, 1.165) is 4.90 Å². The molecule has 0 aromatic rings. The van der Waals surface area contributed by atoms with Gasteiger partial charge in [0.2, 0.25) is 0 Å². The maximum absolute atomic E-state index is 11.9. The van der Waals surface area contributed by atoms with Gasteiger partial charge in [-0.05, 0) is 12.8 Å². The van der Waals surface area contributed by atoms with Crippen molar-refractivity contribution in [1.82, 2.24) is 4.90 Å². The van der Waals surface area contributed by atoms with Gasteiger partial charge in [-0.25, -0.2) is 4.79 Å². The fourth-order valence-corrected chi connectivity index (χ4v) is 2.13. The van der Waals surface area contributed by atoms with Gasteiger partial charge < -0.3 is 35.5 Å². The minimum Gasteiger partial charge on any atom is -0.480 e. The van der Waals surface area contributed by atoms with Crippen molar-refractivity contribution in [1.29, 1.82) is 0 Å². The van der Waals surface area contributed by atoms with Gasteiger partial charge in [0.15, 0.2) is 6.10 Å². The molecule has 20 heavy (non-hydrogen) atoms. The Labute approximate surface area is 114 Å². The first-order valence-electron chi connectivity index (χ1n) is 6.17. The van der Waals surface area contributed by atoms with Gasteiger partial charge in [0.05, 0.1) is 6.61 Å². The van der Waals surface area contributed by atoms with Crippen LogP contribution in [0.25, 0.3) is 0 Å². The minimum absolute atomic E-state index is 0.123. The number of carboxylic acid groups (broad SMARTS) is 1. The Morgan fingerprint density at radius 1 is 1.15 bits per heavy atom. The number of hydrogen-bond acceptors (Lipinski definition) is 7. The Kier molecular flexibility index (Phi) is 5.84. The molecule has 1 aliphatic heterocycles. The molecule has 1 aliphatic rings. The van der Waals surface area contributed by atoms with Crippen LogP contribution >= 0.6 is 0 Å². The molecule has 0 aromatic heterocycles. The molecule has 5 atom stereocenters. The summed E-state index contributed by atoms with van der Waals surface area (Å²) in [6.45, 7) is -0.737. The smallest absolute Gasteiger partial charge is 0.326 e. The van der Waals surface area contributed by atoms with E-state index in [-0.39, 0.29) is 13.0 Å². The summed E-state index contributed by atoms with van der Waals surface area (Å²) in [7, 11) is 0. The van der Waals surface area contributed by atoms with E-state index in [2.05, 4.69) is 0 Å². The van der Waals surface area contributed by atoms with E-state index in [9.17, 15) is 24.9 Å². The maximum atomic E-state index is 11.9. The lowest BCUT2D eigenvalue weighted by molar-refractivity contribution is -0.163. The van der Waals surface area contributed by atoms with Crippen LogP contribution in [0.2, 0.25) is 0 Å². The molecule has 116 valence electrons. The zero-order chi connectivity index (χ0) is 15.4. The van der Waals surface area contributed by atoms with Crippen molar-refractivity contribution in [3.63, 3.8) is 0 Å². The molecule has 1 rings (SSSR count). The maximum Gasteiger partial charge on any atom is 0.326 e. The number of hydrogen-bond donors (Lipinski definition) is 6. The summed E-state index contributed by atoms with van der Waals surface area (Å²) in [5, 5.41) is 55.4. The van der Waals surface area contributed by atoms with Crippen molar-refractivity contribution in [2.24, 2.45) is 0 Å². The number of carbonyl (C=O) groups is 2. The van der Waals surface area contributed by atoms with Crippen LogP contribution in [0.15, 0.2) is 0 Å². The van der Waals surface area contributed by atoms with E-state index < -0.39 is 48.9 Å². The summed E-state index contributed by atoms with van der Waals surface area (Å²) in [6.07, 6.45) is -7.06. The second-order valence-electron chi connectivity index (χ2n) is 4.70. The van der Waals surface area contributed by atoms with Crippen LogP contribution in [0.4, 0.5) is 0 Å². The average molecular weight is 293 g/mol. The van der Waals surface area contributed by atoms with Gasteiger partial charge in [-0.2, -0.15) is 0 Å². The quantitative estimate of drug-likeness (QED) is 0.294. The second-order valence-corrected chi connectivity index (χ2v) is 4.70. The second kappa shape index (κ2) is 6.95. The summed E-state index contributed by atoms with van der Waals surface area (Å²) >= 11 is 0. The van der Waals surface area contributed by atoms with Crippen LogP contribution in [0.5, 0.6) is 0 Å². The standard InChI is InChI=1S/C11H19NO8/c13-4-6(14)7(15)8(16)9(17)10(18)12-3-1-2-5(12)11(19)20/h5-9,13-17H,1-4H2,(H,19,20)/t5-,6+,7+,8-,9-/m1/s1. The highest BCUT2D eigenvalue weighted by Gasteiger charge is 2.41. The Morgan fingerprint density at radius 3 is 2.25 bits per heavy atom. The largest absolute Gasteiger partial charge is 0.480 e. The first-order valence-corrected chi connectivity index (χ1v) is 6.17. The van der Waals surface area contributed by atoms with Crippen LogP contribution in [0.3, 0.4) is 0 Å². The van der Waals surface area contributed by atoms with Crippen molar-refractivity contribution < 1.29 is 40.2 Å². The van der Waals surface area contributed by atoms with Gasteiger partial charge in [0, 0.05) is 6.54 Å². The number of amides is 1. The molecule has 9 nitrogen and oxygen atoms in total. The monoisotopic (exact) mass is 293 g/mol. The van der Waals surface area contributed by atoms with Crippen molar-refractivity contribution >= 4 is 11.9 Å². The molecule has 1 fully saturated rings. The number of carboxylic acids is 1. The number of nitrogens with zero attached hydrogens (tertiary/aromatic N) is 1. The number of carbonyl (C=O) groups excluding carboxylic acids is 1. The lowest BCUT2D eigenvalue weighted by atomic mass is 10.0. The normalized spacial score (nSPS) is 25.1. The van der Waals surface area contributed by atoms with Crippen molar-refractivity contribution in [2.75, 3.05) is 13.2 Å². The predicted molar refractivity (Wildman–Crippen MR) is 63.5 cm³/mol. The molecule has 0 radical (unpaired) electrons. The van der Waals surface area contributed by atoms with Crippen LogP contribution in [0.1, 0.15) is 12.8 Å². The van der Waals surface area contributed by atoms with Gasteiger partial charge in [-0.1, -0.05) is 0 Å². The summed E-state index contributed by atoms with van der Waals surface area (Å²) in [6, 6.07) is -1.08. The third-order valence-electron chi connectivity index (χ3n) is 3.33. The SMILES string of the molecule is O=C(O)[C@H]1CCCN1C(=O)[C@H](O)[C@H](O)[C@@H](O)[C@@H](O)CO. The average Bonchev–Trinajstić information content (AvgIpc) is 2.92. The highest BCUT2D eigenvalue weighted by molar-refractivity contribution is 5.87. The fourth-order valence-electron chi connectivity index (χ4n) is 2.13. The number of rotatable bonds is 6. The van der Waals surface area contributed by atoms with E-state index >= 15 is 0 Å². The van der Waals surface area contributed by atoms with Gasteiger partial charge >= 0.3 is 5.97 Å². The predicted octanol–water partition coefficient (Wildman–Crippen LogP) is -3.50. The Bertz CT molecular complexity index is 362. The van der Waals surface area contributed by atoms with E-state index in [1.807, 2.05) is 0 Å². The third kappa shape index (κ3) is 3.44. The zero-order valence-corrected chi connectivity index (χ0v) is 10.7. The van der Waals surface area contributed by atoms with Crippen LogP contribution < -0.4 is 0 Å². The lowest BCUT2D eigenvalue weighted by Crippen LogP contribution is -2.54. The Balaban J connectivity index is 2.73. The molecule has 0 aromatic carbocycles. The third-order valence-corrected chi connectivity index (χ3v) is 3.33. The van der Waals surface area contributed by atoms with Crippen LogP contribution in [-0.4, -0.2) is 91.0 Å². The highest BCUT2D eigenvalue weighted by Crippen LogP contribution is 2.20.